The van der Waals surface area contributed by atoms with Crippen molar-refractivity contribution in [3.63, 3.8) is 0 Å². The van der Waals surface area contributed by atoms with Crippen LogP contribution in [0.4, 0.5) is 5.69 Å². The van der Waals surface area contributed by atoms with Crippen LogP contribution >= 0.6 is 11.8 Å². The summed E-state index contributed by atoms with van der Waals surface area (Å²) >= 11 is 1.52. The number of nitrogens with zero attached hydrogens (tertiary/aromatic N) is 3. The first-order valence-electron chi connectivity index (χ1n) is 6.99. The van der Waals surface area contributed by atoms with Crippen LogP contribution in [0.5, 0.6) is 0 Å². The molecule has 0 aliphatic carbocycles. The van der Waals surface area contributed by atoms with Gasteiger partial charge in [0.25, 0.3) is 0 Å². The molecule has 0 atom stereocenters. The molecule has 1 aromatic heterocycles. The summed E-state index contributed by atoms with van der Waals surface area (Å²) in [6.07, 6.45) is 2.08. The predicted molar refractivity (Wildman–Crippen MR) is 82.3 cm³/mol. The number of para-hydroxylation sites is 1. The minimum atomic E-state index is 0.146. The largest absolute Gasteiger partial charge is 0.340 e. The molecule has 6 heteroatoms. The van der Waals surface area contributed by atoms with Gasteiger partial charge in [-0.25, -0.2) is 0 Å². The first kappa shape index (κ1) is 14.1. The number of benzene rings is 1. The molecule has 1 amide bonds. The third kappa shape index (κ3) is 3.26. The standard InChI is InChI=1S/C15H17N3O2S/c1-11-16-14(17-20-11)9-21-10-15(19)18-8-4-6-12-5-2-3-7-13(12)18/h2-3,5,7H,4,6,8-10H2,1H3. The third-order valence-electron chi connectivity index (χ3n) is 3.44. The maximum absolute atomic E-state index is 12.4. The number of hydrogen-bond donors (Lipinski definition) is 0. The number of carbonyl (C=O) groups excluding carboxylic acids is 1. The van der Waals surface area contributed by atoms with Crippen molar-refractivity contribution in [1.82, 2.24) is 10.1 Å². The number of amides is 1. The van der Waals surface area contributed by atoms with Gasteiger partial charge in [0.2, 0.25) is 11.8 Å². The van der Waals surface area contributed by atoms with Gasteiger partial charge in [0.1, 0.15) is 0 Å². The molecule has 0 saturated carbocycles. The molecule has 0 N–H and O–H groups in total. The van der Waals surface area contributed by atoms with E-state index in [-0.39, 0.29) is 5.91 Å². The average molecular weight is 303 g/mol. The fourth-order valence-electron chi connectivity index (χ4n) is 2.50. The molecule has 1 aliphatic heterocycles. The summed E-state index contributed by atoms with van der Waals surface area (Å²) in [6, 6.07) is 8.14. The normalized spacial score (nSPS) is 14.0. The van der Waals surface area contributed by atoms with Crippen molar-refractivity contribution >= 4 is 23.4 Å². The van der Waals surface area contributed by atoms with Crippen molar-refractivity contribution in [3.05, 3.63) is 41.5 Å². The molecular weight excluding hydrogens is 286 g/mol. The van der Waals surface area contributed by atoms with Gasteiger partial charge in [-0.1, -0.05) is 23.4 Å². The van der Waals surface area contributed by atoms with E-state index in [9.17, 15) is 4.79 Å². The molecule has 21 heavy (non-hydrogen) atoms. The van der Waals surface area contributed by atoms with E-state index in [0.717, 1.165) is 25.1 Å². The highest BCUT2D eigenvalue weighted by Gasteiger charge is 2.21. The van der Waals surface area contributed by atoms with Crippen molar-refractivity contribution in [2.45, 2.75) is 25.5 Å². The topological polar surface area (TPSA) is 59.2 Å². The quantitative estimate of drug-likeness (QED) is 0.869. The van der Waals surface area contributed by atoms with Crippen LogP contribution in [0.15, 0.2) is 28.8 Å². The van der Waals surface area contributed by atoms with Crippen LogP contribution in [-0.2, 0) is 17.0 Å². The molecule has 0 saturated heterocycles. The number of fused-ring (bicyclic) bond motifs is 1. The third-order valence-corrected chi connectivity index (χ3v) is 4.35. The number of aryl methyl sites for hydroxylation is 2. The van der Waals surface area contributed by atoms with Crippen LogP contribution in [0.25, 0.3) is 0 Å². The summed E-state index contributed by atoms with van der Waals surface area (Å²) in [5.41, 5.74) is 2.32. The lowest BCUT2D eigenvalue weighted by Gasteiger charge is -2.29. The Labute approximate surface area is 127 Å². The van der Waals surface area contributed by atoms with Gasteiger partial charge in [0, 0.05) is 19.2 Å². The number of hydrogen-bond acceptors (Lipinski definition) is 5. The molecule has 110 valence electrons. The van der Waals surface area contributed by atoms with Gasteiger partial charge >= 0.3 is 0 Å². The molecule has 0 unspecified atom stereocenters. The van der Waals surface area contributed by atoms with Crippen LogP contribution < -0.4 is 4.90 Å². The summed E-state index contributed by atoms with van der Waals surface area (Å²) in [7, 11) is 0. The first-order chi connectivity index (χ1) is 10.2. The maximum atomic E-state index is 12.4. The van der Waals surface area contributed by atoms with Crippen molar-refractivity contribution in [2.24, 2.45) is 0 Å². The lowest BCUT2D eigenvalue weighted by atomic mass is 10.0. The van der Waals surface area contributed by atoms with Crippen LogP contribution in [-0.4, -0.2) is 28.3 Å². The zero-order valence-electron chi connectivity index (χ0n) is 11.9. The maximum Gasteiger partial charge on any atom is 0.236 e. The van der Waals surface area contributed by atoms with E-state index in [1.165, 1.54) is 17.3 Å². The van der Waals surface area contributed by atoms with Gasteiger partial charge in [-0.3, -0.25) is 4.79 Å². The molecule has 2 heterocycles. The molecule has 1 aromatic carbocycles. The number of rotatable bonds is 4. The van der Waals surface area contributed by atoms with E-state index in [4.69, 9.17) is 4.52 Å². The second kappa shape index (κ2) is 6.30. The summed E-state index contributed by atoms with van der Waals surface area (Å²) in [4.78, 5) is 18.4. The Kier molecular flexibility index (Phi) is 4.24. The minimum Gasteiger partial charge on any atom is -0.340 e. The Morgan fingerprint density at radius 2 is 2.29 bits per heavy atom. The zero-order valence-corrected chi connectivity index (χ0v) is 12.7. The number of carbonyl (C=O) groups is 1. The number of aromatic nitrogens is 2. The van der Waals surface area contributed by atoms with E-state index in [0.29, 0.717) is 23.2 Å². The van der Waals surface area contributed by atoms with E-state index in [1.54, 1.807) is 6.92 Å². The summed E-state index contributed by atoms with van der Waals surface area (Å²) < 4.78 is 4.92. The SMILES string of the molecule is Cc1nc(CSCC(=O)N2CCCc3ccccc32)no1. The second-order valence-electron chi connectivity index (χ2n) is 5.00. The van der Waals surface area contributed by atoms with Crippen LogP contribution in [0.1, 0.15) is 23.7 Å². The van der Waals surface area contributed by atoms with Gasteiger partial charge in [0.15, 0.2) is 5.82 Å². The van der Waals surface area contributed by atoms with E-state index in [2.05, 4.69) is 16.2 Å². The lowest BCUT2D eigenvalue weighted by molar-refractivity contribution is -0.116. The van der Waals surface area contributed by atoms with Gasteiger partial charge in [0.05, 0.1) is 11.5 Å². The summed E-state index contributed by atoms with van der Waals surface area (Å²) in [5.74, 6) is 2.37. The zero-order chi connectivity index (χ0) is 14.7. The second-order valence-corrected chi connectivity index (χ2v) is 5.99. The summed E-state index contributed by atoms with van der Waals surface area (Å²) in [6.45, 7) is 2.56. The smallest absolute Gasteiger partial charge is 0.236 e. The Bertz CT molecular complexity index is 641. The molecular formula is C15H17N3O2S. The minimum absolute atomic E-state index is 0.146. The lowest BCUT2D eigenvalue weighted by Crippen LogP contribution is -2.36. The molecule has 0 fully saturated rings. The van der Waals surface area contributed by atoms with Gasteiger partial charge in [-0.15, -0.1) is 11.8 Å². The molecule has 0 spiro atoms. The van der Waals surface area contributed by atoms with Gasteiger partial charge in [-0.05, 0) is 24.5 Å². The fourth-order valence-corrected chi connectivity index (χ4v) is 3.23. The van der Waals surface area contributed by atoms with E-state index >= 15 is 0 Å². The van der Waals surface area contributed by atoms with E-state index < -0.39 is 0 Å². The van der Waals surface area contributed by atoms with Crippen molar-refractivity contribution < 1.29 is 9.32 Å². The average Bonchev–Trinajstić information content (AvgIpc) is 2.92. The molecule has 0 radical (unpaired) electrons. The number of anilines is 1. The van der Waals surface area contributed by atoms with Crippen molar-refractivity contribution in [2.75, 3.05) is 17.2 Å². The van der Waals surface area contributed by atoms with Gasteiger partial charge in [-0.2, -0.15) is 4.98 Å². The van der Waals surface area contributed by atoms with Crippen molar-refractivity contribution in [3.8, 4) is 0 Å². The van der Waals surface area contributed by atoms with E-state index in [1.807, 2.05) is 23.1 Å². The fraction of sp³-hybridized carbons (Fsp3) is 0.400. The molecule has 5 nitrogen and oxygen atoms in total. The Balaban J connectivity index is 1.59. The van der Waals surface area contributed by atoms with Crippen LogP contribution in [0.2, 0.25) is 0 Å². The Hall–Kier alpha value is -1.82. The Morgan fingerprint density at radius 1 is 1.43 bits per heavy atom. The van der Waals surface area contributed by atoms with Crippen LogP contribution in [0, 0.1) is 6.92 Å². The number of thioether (sulfide) groups is 1. The Morgan fingerprint density at radius 3 is 3.10 bits per heavy atom. The highest BCUT2D eigenvalue weighted by Crippen LogP contribution is 2.27. The molecule has 3 rings (SSSR count). The molecule has 0 bridgehead atoms. The molecule has 2 aromatic rings. The van der Waals surface area contributed by atoms with Gasteiger partial charge < -0.3 is 9.42 Å². The molecule has 1 aliphatic rings. The predicted octanol–water partition coefficient (Wildman–Crippen LogP) is 2.59. The first-order valence-corrected chi connectivity index (χ1v) is 8.15. The highest BCUT2D eigenvalue weighted by molar-refractivity contribution is 7.99. The van der Waals surface area contributed by atoms with Crippen LogP contribution in [0.3, 0.4) is 0 Å². The monoisotopic (exact) mass is 303 g/mol. The highest BCUT2D eigenvalue weighted by atomic mass is 32.2. The summed E-state index contributed by atoms with van der Waals surface area (Å²) in [5, 5.41) is 3.83. The van der Waals surface area contributed by atoms with Crippen molar-refractivity contribution in [1.29, 1.82) is 0 Å².